The van der Waals surface area contributed by atoms with Crippen molar-refractivity contribution in [3.8, 4) is 0 Å². The van der Waals surface area contributed by atoms with Crippen LogP contribution in [-0.4, -0.2) is 22.8 Å². The minimum Gasteiger partial charge on any atom is -0.369 e. The van der Waals surface area contributed by atoms with Gasteiger partial charge in [0.1, 0.15) is 0 Å². The monoisotopic (exact) mass is 556 g/mol. The number of hydrogen-bond donors (Lipinski definition) is 5. The maximum Gasteiger partial charge on any atom is 0.255 e. The number of benzene rings is 5. The molecule has 1 unspecified atom stereocenters. The van der Waals surface area contributed by atoms with E-state index in [1.165, 1.54) is 6.07 Å². The molecule has 0 bridgehead atoms. The van der Waals surface area contributed by atoms with Gasteiger partial charge in [0, 0.05) is 45.0 Å². The van der Waals surface area contributed by atoms with Crippen LogP contribution in [0.25, 0.3) is 0 Å². The summed E-state index contributed by atoms with van der Waals surface area (Å²) in [5, 5.41) is 22.0. The Morgan fingerprint density at radius 2 is 0.881 bits per heavy atom. The first-order valence-electron chi connectivity index (χ1n) is 13.2. The van der Waals surface area contributed by atoms with E-state index in [0.717, 1.165) is 5.69 Å². The molecule has 1 atom stereocenters. The van der Waals surface area contributed by atoms with E-state index in [0.29, 0.717) is 39.3 Å². The lowest BCUT2D eigenvalue weighted by molar-refractivity contribution is 0.101. The molecule has 8 heteroatoms. The van der Waals surface area contributed by atoms with Gasteiger partial charge in [-0.1, -0.05) is 60.7 Å². The molecule has 0 aliphatic carbocycles. The van der Waals surface area contributed by atoms with Crippen LogP contribution in [0, 0.1) is 0 Å². The van der Waals surface area contributed by atoms with Crippen molar-refractivity contribution in [2.75, 3.05) is 21.3 Å². The molecule has 5 aromatic rings. The molecule has 42 heavy (non-hydrogen) atoms. The van der Waals surface area contributed by atoms with E-state index in [2.05, 4.69) is 21.3 Å². The molecule has 3 amide bonds. The Labute approximate surface area is 243 Å². The molecule has 0 saturated heterocycles. The summed E-state index contributed by atoms with van der Waals surface area (Å²) in [6.07, 6.45) is -0.999. The molecule has 5 rings (SSSR count). The lowest BCUT2D eigenvalue weighted by Gasteiger charge is -2.15. The first kappa shape index (κ1) is 27.8. The van der Waals surface area contributed by atoms with Crippen molar-refractivity contribution < 1.29 is 19.5 Å². The van der Waals surface area contributed by atoms with Crippen molar-refractivity contribution in [2.45, 2.75) is 6.23 Å². The molecule has 0 aliphatic heterocycles. The van der Waals surface area contributed by atoms with E-state index in [1.54, 1.807) is 78.9 Å². The second-order valence-corrected chi connectivity index (χ2v) is 9.43. The molecule has 208 valence electrons. The zero-order valence-corrected chi connectivity index (χ0v) is 22.5. The van der Waals surface area contributed by atoms with Crippen LogP contribution >= 0.6 is 0 Å². The fourth-order valence-electron chi connectivity index (χ4n) is 4.23. The topological polar surface area (TPSA) is 120 Å². The third kappa shape index (κ3) is 7.26. The lowest BCUT2D eigenvalue weighted by Crippen LogP contribution is -2.16. The van der Waals surface area contributed by atoms with Gasteiger partial charge in [-0.25, -0.2) is 0 Å². The van der Waals surface area contributed by atoms with E-state index < -0.39 is 12.1 Å². The van der Waals surface area contributed by atoms with E-state index in [1.807, 2.05) is 48.5 Å². The maximum absolute atomic E-state index is 13.0. The molecule has 5 aromatic carbocycles. The SMILES string of the molecule is O=C(Nc1ccccc1)c1cccc(C(=O)Nc2cccc(NC(=O)c3cccc(C(O)Nc4ccccc4)c3)c2)c1. The normalized spacial score (nSPS) is 11.2. The van der Waals surface area contributed by atoms with Gasteiger partial charge in [-0.3, -0.25) is 14.4 Å². The van der Waals surface area contributed by atoms with Gasteiger partial charge >= 0.3 is 0 Å². The summed E-state index contributed by atoms with van der Waals surface area (Å²) in [4.78, 5) is 38.6. The van der Waals surface area contributed by atoms with Crippen LogP contribution in [0.5, 0.6) is 0 Å². The van der Waals surface area contributed by atoms with Crippen molar-refractivity contribution in [3.63, 3.8) is 0 Å². The number of carbonyl (C=O) groups is 3. The zero-order chi connectivity index (χ0) is 29.3. The summed E-state index contributed by atoms with van der Waals surface area (Å²) in [5.74, 6) is -1.10. The minimum atomic E-state index is -0.999. The minimum absolute atomic E-state index is 0.310. The Morgan fingerprint density at radius 3 is 1.45 bits per heavy atom. The number of nitrogens with one attached hydrogen (secondary N) is 4. The van der Waals surface area contributed by atoms with Gasteiger partial charge in [0.05, 0.1) is 0 Å². The van der Waals surface area contributed by atoms with E-state index >= 15 is 0 Å². The van der Waals surface area contributed by atoms with Gasteiger partial charge in [-0.15, -0.1) is 0 Å². The van der Waals surface area contributed by atoms with Gasteiger partial charge in [0.25, 0.3) is 17.7 Å². The molecule has 0 heterocycles. The predicted molar refractivity (Wildman–Crippen MR) is 165 cm³/mol. The molecule has 0 spiro atoms. The van der Waals surface area contributed by atoms with Crippen LogP contribution in [0.3, 0.4) is 0 Å². The molecule has 0 aromatic heterocycles. The predicted octanol–water partition coefficient (Wildman–Crippen LogP) is 6.55. The molecule has 8 nitrogen and oxygen atoms in total. The number of aliphatic hydroxyl groups is 1. The second kappa shape index (κ2) is 13.1. The molecule has 0 saturated carbocycles. The average Bonchev–Trinajstić information content (AvgIpc) is 3.02. The van der Waals surface area contributed by atoms with E-state index in [9.17, 15) is 19.5 Å². The van der Waals surface area contributed by atoms with Crippen molar-refractivity contribution in [2.24, 2.45) is 0 Å². The van der Waals surface area contributed by atoms with Gasteiger partial charge < -0.3 is 26.4 Å². The van der Waals surface area contributed by atoms with E-state index in [-0.39, 0.29) is 11.8 Å². The third-order valence-corrected chi connectivity index (χ3v) is 6.34. The highest BCUT2D eigenvalue weighted by molar-refractivity contribution is 6.09. The summed E-state index contributed by atoms with van der Waals surface area (Å²) >= 11 is 0. The molecule has 0 aliphatic rings. The highest BCUT2D eigenvalue weighted by Gasteiger charge is 2.14. The highest BCUT2D eigenvalue weighted by atomic mass is 16.3. The molecule has 0 fully saturated rings. The fraction of sp³-hybridized carbons (Fsp3) is 0.0294. The van der Waals surface area contributed by atoms with Gasteiger partial charge in [0.15, 0.2) is 6.23 Å². The quantitative estimate of drug-likeness (QED) is 0.132. The number of amides is 3. The van der Waals surface area contributed by atoms with Gasteiger partial charge in [-0.2, -0.15) is 0 Å². The largest absolute Gasteiger partial charge is 0.369 e. The maximum atomic E-state index is 13.0. The van der Waals surface area contributed by atoms with Gasteiger partial charge in [0.2, 0.25) is 0 Å². The van der Waals surface area contributed by atoms with Crippen LogP contribution in [0.4, 0.5) is 22.7 Å². The van der Waals surface area contributed by atoms with Crippen LogP contribution in [0.1, 0.15) is 42.9 Å². The highest BCUT2D eigenvalue weighted by Crippen LogP contribution is 2.21. The Hall–Kier alpha value is -5.73. The molecular formula is C34H28N4O4. The van der Waals surface area contributed by atoms with Crippen molar-refractivity contribution in [3.05, 3.63) is 156 Å². The Bertz CT molecular complexity index is 1710. The van der Waals surface area contributed by atoms with Crippen molar-refractivity contribution in [1.82, 2.24) is 0 Å². The number of anilines is 4. The Kier molecular flexibility index (Phi) is 8.67. The van der Waals surface area contributed by atoms with Crippen molar-refractivity contribution >= 4 is 40.5 Å². The van der Waals surface area contributed by atoms with Crippen LogP contribution in [0.2, 0.25) is 0 Å². The third-order valence-electron chi connectivity index (χ3n) is 6.34. The molecular weight excluding hydrogens is 528 g/mol. The fourth-order valence-corrected chi connectivity index (χ4v) is 4.23. The summed E-state index contributed by atoms with van der Waals surface area (Å²) < 4.78 is 0. The average molecular weight is 557 g/mol. The van der Waals surface area contributed by atoms with Crippen LogP contribution in [-0.2, 0) is 0 Å². The van der Waals surface area contributed by atoms with Crippen molar-refractivity contribution in [1.29, 1.82) is 0 Å². The molecule has 5 N–H and O–H groups in total. The van der Waals surface area contributed by atoms with Crippen LogP contribution in [0.15, 0.2) is 133 Å². The Balaban J connectivity index is 1.22. The second-order valence-electron chi connectivity index (χ2n) is 9.43. The standard InChI is InChI=1S/C34H28N4O4/c39-31(35-27-14-3-1-4-15-27)23-10-7-12-25(20-23)33(41)37-29-18-9-19-30(22-29)38-34(42)26-13-8-11-24(21-26)32(40)36-28-16-5-2-6-17-28/h1-22,31,35,39H,(H,36,40)(H,37,41)(H,38,42). The Morgan fingerprint density at radius 1 is 0.452 bits per heavy atom. The number of aliphatic hydroxyl groups excluding tert-OH is 1. The summed E-state index contributed by atoms with van der Waals surface area (Å²) in [7, 11) is 0. The summed E-state index contributed by atoms with van der Waals surface area (Å²) in [6, 6.07) is 38.2. The number of carbonyl (C=O) groups excluding carboxylic acids is 3. The number of para-hydroxylation sites is 2. The molecule has 0 radical (unpaired) electrons. The zero-order valence-electron chi connectivity index (χ0n) is 22.5. The number of rotatable bonds is 9. The lowest BCUT2D eigenvalue weighted by atomic mass is 10.1. The van der Waals surface area contributed by atoms with E-state index in [4.69, 9.17) is 0 Å². The summed E-state index contributed by atoms with van der Waals surface area (Å²) in [5.41, 5.74) is 3.90. The first-order valence-corrected chi connectivity index (χ1v) is 13.2. The smallest absolute Gasteiger partial charge is 0.255 e. The summed E-state index contributed by atoms with van der Waals surface area (Å²) in [6.45, 7) is 0. The number of hydrogen-bond acceptors (Lipinski definition) is 5. The first-order chi connectivity index (χ1) is 20.4. The van der Waals surface area contributed by atoms with Crippen LogP contribution < -0.4 is 21.3 Å². The van der Waals surface area contributed by atoms with Gasteiger partial charge in [-0.05, 0) is 72.8 Å².